The van der Waals surface area contributed by atoms with E-state index in [4.69, 9.17) is 0 Å². The molecule has 1 aromatic heterocycles. The third-order valence-corrected chi connectivity index (χ3v) is 3.80. The number of hydrogen-bond acceptors (Lipinski definition) is 4. The van der Waals surface area contributed by atoms with Crippen molar-refractivity contribution >= 4 is 17.4 Å². The molecule has 138 valence electrons. The molecule has 0 saturated carbocycles. The molecule has 7 heteroatoms. The summed E-state index contributed by atoms with van der Waals surface area (Å²) in [6, 6.07) is 12.4. The summed E-state index contributed by atoms with van der Waals surface area (Å²) in [7, 11) is 0. The Hall–Kier alpha value is -3.35. The number of carbonyl (C=O) groups excluding carboxylic acids is 1. The van der Waals surface area contributed by atoms with Gasteiger partial charge in [-0.3, -0.25) is 4.79 Å². The highest BCUT2D eigenvalue weighted by Gasteiger charge is 2.12. The van der Waals surface area contributed by atoms with Gasteiger partial charge in [0.25, 0.3) is 5.91 Å². The molecule has 0 aliphatic heterocycles. The van der Waals surface area contributed by atoms with Crippen LogP contribution in [0, 0.1) is 25.5 Å². The molecule has 27 heavy (non-hydrogen) atoms. The maximum atomic E-state index is 13.8. The molecular formula is C20H18F2N4O. The van der Waals surface area contributed by atoms with Crippen LogP contribution in [0.25, 0.3) is 0 Å². The molecule has 0 unspecified atom stereocenters. The number of hydrogen-bond donors (Lipinski definition) is 2. The average Bonchev–Trinajstić information content (AvgIpc) is 2.62. The van der Waals surface area contributed by atoms with E-state index in [-0.39, 0.29) is 23.1 Å². The van der Waals surface area contributed by atoms with E-state index in [2.05, 4.69) is 20.6 Å². The van der Waals surface area contributed by atoms with E-state index < -0.39 is 11.6 Å². The monoisotopic (exact) mass is 368 g/mol. The third kappa shape index (κ3) is 4.84. The molecule has 0 aliphatic carbocycles. The molecule has 0 spiro atoms. The predicted molar refractivity (Wildman–Crippen MR) is 98.8 cm³/mol. The number of benzene rings is 2. The number of aromatic nitrogens is 2. The molecule has 0 bridgehead atoms. The maximum Gasteiger partial charge on any atom is 0.270 e. The number of halogens is 2. The van der Waals surface area contributed by atoms with Crippen LogP contribution in [0.4, 0.5) is 20.3 Å². The van der Waals surface area contributed by atoms with Crippen LogP contribution < -0.4 is 10.6 Å². The summed E-state index contributed by atoms with van der Waals surface area (Å²) in [5.41, 5.74) is 2.29. The van der Waals surface area contributed by atoms with Gasteiger partial charge in [-0.1, -0.05) is 29.8 Å². The highest BCUT2D eigenvalue weighted by Crippen LogP contribution is 2.20. The summed E-state index contributed by atoms with van der Waals surface area (Å²) in [6.07, 6.45) is 0. The van der Waals surface area contributed by atoms with Gasteiger partial charge in [0.2, 0.25) is 0 Å². The highest BCUT2D eigenvalue weighted by atomic mass is 19.1. The van der Waals surface area contributed by atoms with Crippen molar-refractivity contribution in [3.05, 3.63) is 82.8 Å². The van der Waals surface area contributed by atoms with Crippen molar-refractivity contribution in [1.82, 2.24) is 15.3 Å². The van der Waals surface area contributed by atoms with Gasteiger partial charge in [0.05, 0.1) is 5.69 Å². The highest BCUT2D eigenvalue weighted by molar-refractivity contribution is 5.93. The van der Waals surface area contributed by atoms with Crippen molar-refractivity contribution in [1.29, 1.82) is 0 Å². The normalized spacial score (nSPS) is 10.5. The first kappa shape index (κ1) is 18.4. The molecule has 3 rings (SSSR count). The van der Waals surface area contributed by atoms with Gasteiger partial charge in [0.15, 0.2) is 0 Å². The molecule has 2 aromatic carbocycles. The number of aryl methyl sites for hydroxylation is 2. The summed E-state index contributed by atoms with van der Waals surface area (Å²) in [6.45, 7) is 3.97. The van der Waals surface area contributed by atoms with Crippen LogP contribution in [0.5, 0.6) is 0 Å². The Morgan fingerprint density at radius 2 is 1.85 bits per heavy atom. The van der Waals surface area contributed by atoms with Gasteiger partial charge in [0.1, 0.15) is 29.0 Å². The Balaban J connectivity index is 1.75. The van der Waals surface area contributed by atoms with Gasteiger partial charge in [-0.2, -0.15) is 0 Å². The summed E-state index contributed by atoms with van der Waals surface area (Å²) >= 11 is 0. The van der Waals surface area contributed by atoms with Crippen molar-refractivity contribution in [3.63, 3.8) is 0 Å². The molecule has 0 aliphatic rings. The van der Waals surface area contributed by atoms with Crippen molar-refractivity contribution in [2.45, 2.75) is 20.4 Å². The zero-order valence-electron chi connectivity index (χ0n) is 14.9. The minimum atomic E-state index is -0.753. The Labute approximate surface area is 155 Å². The summed E-state index contributed by atoms with van der Waals surface area (Å²) in [5.74, 6) is -1.20. The number of carbonyl (C=O) groups is 1. The van der Waals surface area contributed by atoms with E-state index >= 15 is 0 Å². The van der Waals surface area contributed by atoms with E-state index in [9.17, 15) is 13.6 Å². The molecule has 1 heterocycles. The van der Waals surface area contributed by atoms with Gasteiger partial charge in [-0.15, -0.1) is 0 Å². The fraction of sp³-hybridized carbons (Fsp3) is 0.150. The molecule has 0 radical (unpaired) electrons. The Bertz CT molecular complexity index is 991. The van der Waals surface area contributed by atoms with Gasteiger partial charge in [0, 0.05) is 18.7 Å². The number of rotatable bonds is 5. The van der Waals surface area contributed by atoms with Crippen molar-refractivity contribution in [2.75, 3.05) is 5.32 Å². The van der Waals surface area contributed by atoms with Crippen molar-refractivity contribution in [2.24, 2.45) is 0 Å². The van der Waals surface area contributed by atoms with E-state index in [1.807, 2.05) is 31.2 Å². The summed E-state index contributed by atoms with van der Waals surface area (Å²) < 4.78 is 26.8. The molecule has 0 saturated heterocycles. The lowest BCUT2D eigenvalue weighted by Crippen LogP contribution is -2.24. The fourth-order valence-electron chi connectivity index (χ4n) is 2.57. The zero-order valence-corrected chi connectivity index (χ0v) is 14.9. The Kier molecular flexibility index (Phi) is 5.40. The van der Waals surface area contributed by atoms with Crippen LogP contribution in [0.1, 0.15) is 27.4 Å². The molecule has 2 N–H and O–H groups in total. The van der Waals surface area contributed by atoms with E-state index in [1.54, 1.807) is 6.92 Å². The standard InChI is InChI=1S/C20H18F2N4O/c1-12-4-3-5-14(8-12)11-23-20(27)18-10-19(25-13(2)24-18)26-17-7-6-15(21)9-16(17)22/h3-10H,11H2,1-2H3,(H,23,27)(H,24,25,26). The topological polar surface area (TPSA) is 66.9 Å². The number of nitrogens with zero attached hydrogens (tertiary/aromatic N) is 2. The second kappa shape index (κ2) is 7.90. The first-order valence-corrected chi connectivity index (χ1v) is 8.32. The van der Waals surface area contributed by atoms with Gasteiger partial charge in [-0.25, -0.2) is 18.7 Å². The Morgan fingerprint density at radius 1 is 1.04 bits per heavy atom. The molecule has 1 amide bonds. The van der Waals surface area contributed by atoms with Crippen LogP contribution in [0.3, 0.4) is 0 Å². The lowest BCUT2D eigenvalue weighted by Gasteiger charge is -2.10. The van der Waals surface area contributed by atoms with E-state index in [0.29, 0.717) is 12.4 Å². The number of anilines is 2. The number of amides is 1. The fourth-order valence-corrected chi connectivity index (χ4v) is 2.57. The molecule has 5 nitrogen and oxygen atoms in total. The van der Waals surface area contributed by atoms with Crippen LogP contribution in [-0.2, 0) is 6.54 Å². The molecule has 0 atom stereocenters. The average molecular weight is 368 g/mol. The predicted octanol–water partition coefficient (Wildman–Crippen LogP) is 4.05. The molecular weight excluding hydrogens is 350 g/mol. The zero-order chi connectivity index (χ0) is 19.4. The SMILES string of the molecule is Cc1cccc(CNC(=O)c2cc(Nc3ccc(F)cc3F)nc(C)n2)c1. The van der Waals surface area contributed by atoms with E-state index in [1.165, 1.54) is 12.1 Å². The minimum absolute atomic E-state index is 0.0561. The molecule has 0 fully saturated rings. The van der Waals surface area contributed by atoms with Gasteiger partial charge in [-0.05, 0) is 31.5 Å². The third-order valence-electron chi connectivity index (χ3n) is 3.80. The van der Waals surface area contributed by atoms with Crippen LogP contribution in [-0.4, -0.2) is 15.9 Å². The van der Waals surface area contributed by atoms with Crippen LogP contribution in [0.2, 0.25) is 0 Å². The summed E-state index contributed by atoms with van der Waals surface area (Å²) in [4.78, 5) is 20.7. The smallest absolute Gasteiger partial charge is 0.270 e. The first-order valence-electron chi connectivity index (χ1n) is 8.32. The van der Waals surface area contributed by atoms with E-state index in [0.717, 1.165) is 23.3 Å². The second-order valence-corrected chi connectivity index (χ2v) is 6.11. The van der Waals surface area contributed by atoms with Crippen LogP contribution >= 0.6 is 0 Å². The lowest BCUT2D eigenvalue weighted by atomic mass is 10.1. The minimum Gasteiger partial charge on any atom is -0.347 e. The van der Waals surface area contributed by atoms with Crippen LogP contribution in [0.15, 0.2) is 48.5 Å². The molecule has 3 aromatic rings. The first-order chi connectivity index (χ1) is 12.9. The number of nitrogens with one attached hydrogen (secondary N) is 2. The van der Waals surface area contributed by atoms with Gasteiger partial charge >= 0.3 is 0 Å². The van der Waals surface area contributed by atoms with Crippen molar-refractivity contribution < 1.29 is 13.6 Å². The maximum absolute atomic E-state index is 13.8. The second-order valence-electron chi connectivity index (χ2n) is 6.11. The summed E-state index contributed by atoms with van der Waals surface area (Å²) in [5, 5.41) is 5.54. The van der Waals surface area contributed by atoms with Gasteiger partial charge < -0.3 is 10.6 Å². The van der Waals surface area contributed by atoms with Crippen molar-refractivity contribution in [3.8, 4) is 0 Å². The largest absolute Gasteiger partial charge is 0.347 e. The quantitative estimate of drug-likeness (QED) is 0.713. The lowest BCUT2D eigenvalue weighted by molar-refractivity contribution is 0.0945. The Morgan fingerprint density at radius 3 is 2.59 bits per heavy atom.